The molecule has 1 aliphatic rings. The smallest absolute Gasteiger partial charge is 0.315 e. The first kappa shape index (κ1) is 23.7. The lowest BCUT2D eigenvalue weighted by Crippen LogP contribution is -2.10. The van der Waals surface area contributed by atoms with Crippen molar-refractivity contribution < 1.29 is 18.1 Å². The third kappa shape index (κ3) is 5.05. The van der Waals surface area contributed by atoms with Gasteiger partial charge in [0.25, 0.3) is 0 Å². The average Bonchev–Trinajstić information content (AvgIpc) is 3.05. The van der Waals surface area contributed by atoms with Crippen molar-refractivity contribution in [3.05, 3.63) is 100 Å². The van der Waals surface area contributed by atoms with Gasteiger partial charge >= 0.3 is 5.97 Å². The van der Waals surface area contributed by atoms with Crippen molar-refractivity contribution in [1.82, 2.24) is 0 Å². The quantitative estimate of drug-likeness (QED) is 0.279. The third-order valence-electron chi connectivity index (χ3n) is 5.67. The lowest BCUT2D eigenvalue weighted by Gasteiger charge is -2.08. The molecule has 7 heteroatoms. The summed E-state index contributed by atoms with van der Waals surface area (Å²) in [6.07, 6.45) is 3.61. The van der Waals surface area contributed by atoms with Gasteiger partial charge in [0, 0.05) is 27.5 Å². The summed E-state index contributed by atoms with van der Waals surface area (Å²) in [6, 6.07) is 18.7. The fourth-order valence-corrected chi connectivity index (χ4v) is 4.56. The van der Waals surface area contributed by atoms with Crippen molar-refractivity contribution in [1.29, 1.82) is 0 Å². The fraction of sp³-hybridized carbons (Fsp3) is 0.111. The lowest BCUT2D eigenvalue weighted by atomic mass is 10.0. The molecular formula is C27H22FNO3S2. The largest absolute Gasteiger partial charge is 0.426 e. The van der Waals surface area contributed by atoms with E-state index in [0.29, 0.717) is 16.9 Å². The predicted octanol–water partition coefficient (Wildman–Crippen LogP) is 5.52. The Morgan fingerprint density at radius 2 is 1.74 bits per heavy atom. The van der Waals surface area contributed by atoms with Crippen LogP contribution in [0.15, 0.2) is 77.2 Å². The number of hydrogen-bond donors (Lipinski definition) is 1. The third-order valence-corrected chi connectivity index (χ3v) is 6.84. The van der Waals surface area contributed by atoms with Crippen LogP contribution in [0.5, 0.6) is 5.75 Å². The van der Waals surface area contributed by atoms with Crippen LogP contribution in [0.4, 0.5) is 4.39 Å². The van der Waals surface area contributed by atoms with Crippen LogP contribution in [-0.4, -0.2) is 21.4 Å². The van der Waals surface area contributed by atoms with Crippen LogP contribution < -0.4 is 10.5 Å². The maximum Gasteiger partial charge on any atom is 0.315 e. The normalized spacial score (nSPS) is 14.7. The van der Waals surface area contributed by atoms with Gasteiger partial charge in [-0.3, -0.25) is 9.00 Å². The molecule has 1 atom stereocenters. The van der Waals surface area contributed by atoms with Crippen LogP contribution in [0.1, 0.15) is 35.6 Å². The van der Waals surface area contributed by atoms with E-state index < -0.39 is 16.8 Å². The van der Waals surface area contributed by atoms with Crippen molar-refractivity contribution in [3.8, 4) is 5.75 Å². The zero-order valence-corrected chi connectivity index (χ0v) is 20.3. The first-order valence-corrected chi connectivity index (χ1v) is 12.5. The van der Waals surface area contributed by atoms with Gasteiger partial charge in [0.1, 0.15) is 16.6 Å². The number of carbonyl (C=O) groups excluding carboxylic acids is 1. The maximum absolute atomic E-state index is 14.1. The van der Waals surface area contributed by atoms with Gasteiger partial charge in [-0.1, -0.05) is 30.4 Å². The van der Waals surface area contributed by atoms with Gasteiger partial charge in [0.2, 0.25) is 0 Å². The molecule has 172 valence electrons. The van der Waals surface area contributed by atoms with Gasteiger partial charge in [-0.25, -0.2) is 4.39 Å². The van der Waals surface area contributed by atoms with E-state index in [-0.39, 0.29) is 17.2 Å². The summed E-state index contributed by atoms with van der Waals surface area (Å²) >= 11 is 4.94. The topological polar surface area (TPSA) is 69.4 Å². The van der Waals surface area contributed by atoms with Crippen LogP contribution in [-0.2, 0) is 15.6 Å². The Bertz CT molecular complexity index is 1370. The summed E-state index contributed by atoms with van der Waals surface area (Å²) in [7, 11) is -1.06. The Hall–Kier alpha value is -3.42. The first-order valence-electron chi connectivity index (χ1n) is 10.5. The molecule has 3 aromatic carbocycles. The lowest BCUT2D eigenvalue weighted by molar-refractivity contribution is -0.133. The molecule has 0 heterocycles. The van der Waals surface area contributed by atoms with Crippen molar-refractivity contribution in [2.45, 2.75) is 18.2 Å². The number of rotatable bonds is 6. The number of hydrogen-bond acceptors (Lipinski definition) is 4. The molecule has 0 saturated carbocycles. The van der Waals surface area contributed by atoms with Gasteiger partial charge in [0.05, 0.1) is 6.42 Å². The first-order chi connectivity index (χ1) is 16.2. The highest BCUT2D eigenvalue weighted by molar-refractivity contribution is 7.84. The Kier molecular flexibility index (Phi) is 6.86. The van der Waals surface area contributed by atoms with Crippen LogP contribution in [0.25, 0.3) is 17.2 Å². The number of thiocarbonyl (C=S) groups is 1. The highest BCUT2D eigenvalue weighted by Gasteiger charge is 2.26. The second-order valence-electron chi connectivity index (χ2n) is 7.91. The summed E-state index contributed by atoms with van der Waals surface area (Å²) in [5.74, 6) is -0.449. The molecule has 1 aliphatic carbocycles. The van der Waals surface area contributed by atoms with Crippen molar-refractivity contribution >= 4 is 51.2 Å². The minimum absolute atomic E-state index is 0.00949. The minimum atomic E-state index is -1.06. The minimum Gasteiger partial charge on any atom is -0.426 e. The van der Waals surface area contributed by atoms with Crippen molar-refractivity contribution in [2.75, 3.05) is 6.26 Å². The van der Waals surface area contributed by atoms with E-state index in [1.165, 1.54) is 12.1 Å². The van der Waals surface area contributed by atoms with Crippen LogP contribution in [0.2, 0.25) is 0 Å². The SMILES string of the molecule is CC1=C(CC(=O)Oc2ccc(C(N)=S)cc2)c2cc(F)ccc2/C1=C\c1ccc(S(C)=O)cc1. The molecule has 0 saturated heterocycles. The molecule has 2 N–H and O–H groups in total. The molecule has 0 aromatic heterocycles. The number of ether oxygens (including phenoxy) is 1. The molecular weight excluding hydrogens is 469 g/mol. The average molecular weight is 492 g/mol. The molecule has 0 fully saturated rings. The van der Waals surface area contributed by atoms with Crippen molar-refractivity contribution in [2.24, 2.45) is 5.73 Å². The maximum atomic E-state index is 14.1. The second-order valence-corrected chi connectivity index (χ2v) is 9.73. The van der Waals surface area contributed by atoms with Gasteiger partial charge in [-0.15, -0.1) is 0 Å². The monoisotopic (exact) mass is 491 g/mol. The number of nitrogens with two attached hydrogens (primary N) is 1. The molecule has 1 unspecified atom stereocenters. The van der Waals surface area contributed by atoms with Gasteiger partial charge in [-0.2, -0.15) is 0 Å². The Morgan fingerprint density at radius 1 is 1.06 bits per heavy atom. The predicted molar refractivity (Wildman–Crippen MR) is 138 cm³/mol. The van der Waals surface area contributed by atoms with Crippen LogP contribution in [0, 0.1) is 5.82 Å². The van der Waals surface area contributed by atoms with Gasteiger partial charge < -0.3 is 10.5 Å². The zero-order valence-electron chi connectivity index (χ0n) is 18.6. The molecule has 0 amide bonds. The molecule has 4 rings (SSSR count). The molecule has 0 radical (unpaired) electrons. The fourth-order valence-electron chi connectivity index (χ4n) is 3.90. The van der Waals surface area contributed by atoms with E-state index in [4.69, 9.17) is 22.7 Å². The standard InChI is InChI=1S/C27H22FNO3S2/c1-16-23(13-17-3-10-21(11-4-17)34(2)31)22-12-7-19(28)14-25(22)24(16)15-26(30)32-20-8-5-18(6-9-20)27(29)33/h3-14H,15H2,1-2H3,(H2,29,33)/b23-13-. The number of halogens is 1. The zero-order chi connectivity index (χ0) is 24.4. The Morgan fingerprint density at radius 3 is 2.35 bits per heavy atom. The molecule has 4 nitrogen and oxygen atoms in total. The summed E-state index contributed by atoms with van der Waals surface area (Å²) in [6.45, 7) is 1.92. The van der Waals surface area contributed by atoms with Gasteiger partial charge in [-0.05, 0) is 94.9 Å². The number of carbonyl (C=O) groups is 1. The highest BCUT2D eigenvalue weighted by Crippen LogP contribution is 2.44. The van der Waals surface area contributed by atoms with E-state index in [1.807, 2.05) is 37.3 Å². The van der Waals surface area contributed by atoms with Gasteiger partial charge in [0.15, 0.2) is 0 Å². The summed E-state index contributed by atoms with van der Waals surface area (Å²) < 4.78 is 31.3. The molecule has 3 aromatic rings. The second kappa shape index (κ2) is 9.83. The number of esters is 1. The molecule has 0 bridgehead atoms. The summed E-state index contributed by atoms with van der Waals surface area (Å²) in [5.41, 5.74) is 11.2. The number of allylic oxidation sites excluding steroid dienone is 2. The summed E-state index contributed by atoms with van der Waals surface area (Å²) in [4.78, 5) is 13.8. The van der Waals surface area contributed by atoms with E-state index in [0.717, 1.165) is 32.7 Å². The van der Waals surface area contributed by atoms with Crippen LogP contribution >= 0.6 is 12.2 Å². The van der Waals surface area contributed by atoms with E-state index in [2.05, 4.69) is 0 Å². The van der Waals surface area contributed by atoms with Crippen molar-refractivity contribution in [3.63, 3.8) is 0 Å². The van der Waals surface area contributed by atoms with Crippen LogP contribution in [0.3, 0.4) is 0 Å². The van der Waals surface area contributed by atoms with E-state index in [1.54, 1.807) is 36.6 Å². The summed E-state index contributed by atoms with van der Waals surface area (Å²) in [5, 5.41) is 0. The number of fused-ring (bicyclic) bond motifs is 1. The Labute approximate surface area is 205 Å². The van der Waals surface area contributed by atoms with E-state index in [9.17, 15) is 13.4 Å². The molecule has 0 spiro atoms. The molecule has 34 heavy (non-hydrogen) atoms. The molecule has 0 aliphatic heterocycles. The van der Waals surface area contributed by atoms with E-state index >= 15 is 0 Å². The number of benzene rings is 3. The highest BCUT2D eigenvalue weighted by atomic mass is 32.2. The Balaban J connectivity index is 1.63.